The first-order valence-corrected chi connectivity index (χ1v) is 37.2. The number of fused-ring (bicyclic) bond motifs is 9. The number of para-hydroxylation sites is 4. The van der Waals surface area contributed by atoms with E-state index in [4.69, 9.17) is 39.9 Å². The topological polar surface area (TPSA) is 118 Å². The van der Waals surface area contributed by atoms with Gasteiger partial charge >= 0.3 is 0 Å². The van der Waals surface area contributed by atoms with Crippen molar-refractivity contribution >= 4 is 65.4 Å². The molecule has 0 atom stereocenters. The molecule has 0 amide bonds. The molecule has 6 heterocycles. The average molecular weight is 1420 g/mol. The van der Waals surface area contributed by atoms with Crippen molar-refractivity contribution in [1.29, 1.82) is 0 Å². The van der Waals surface area contributed by atoms with Crippen LogP contribution in [0.5, 0.6) is 0 Å². The quantitative estimate of drug-likeness (QED) is 0.106. The van der Waals surface area contributed by atoms with Gasteiger partial charge in [0.2, 0.25) is 0 Å². The van der Waals surface area contributed by atoms with Crippen LogP contribution < -0.4 is 0 Å². The molecule has 11 heteroatoms. The maximum Gasteiger partial charge on any atom is 0.164 e. The monoisotopic (exact) mass is 1420 g/mol. The first-order valence-electron chi connectivity index (χ1n) is 37.2. The molecule has 0 saturated heterocycles. The highest BCUT2D eigenvalue weighted by molar-refractivity contribution is 6.14. The molecule has 0 saturated carbocycles. The van der Waals surface area contributed by atoms with Gasteiger partial charge in [0.05, 0.1) is 50.2 Å². The molecule has 111 heavy (non-hydrogen) atoms. The second-order valence-electron chi connectivity index (χ2n) is 27.8. The summed E-state index contributed by atoms with van der Waals surface area (Å²) in [5.74, 6) is 3.90. The lowest BCUT2D eigenvalue weighted by atomic mass is 9.91. The molecule has 21 rings (SSSR count). The molecule has 21 aromatic rings. The number of nitrogens with zero attached hydrogens (tertiary/aromatic N) is 11. The van der Waals surface area contributed by atoms with E-state index in [1.165, 1.54) is 21.5 Å². The number of hydrogen-bond acceptors (Lipinski definition) is 8. The van der Waals surface area contributed by atoms with Crippen molar-refractivity contribution in [2.45, 2.75) is 0 Å². The Morgan fingerprint density at radius 3 is 0.757 bits per heavy atom. The summed E-state index contributed by atoms with van der Waals surface area (Å²) in [6.07, 6.45) is 0. The number of aromatic nitrogens is 11. The molecule has 0 aliphatic rings. The Morgan fingerprint density at radius 2 is 0.423 bits per heavy atom. The molecule has 15 aromatic carbocycles. The van der Waals surface area contributed by atoms with Crippen LogP contribution in [0.1, 0.15) is 0 Å². The lowest BCUT2D eigenvalue weighted by molar-refractivity contribution is 1.07. The number of benzene rings is 15. The predicted octanol–water partition coefficient (Wildman–Crippen LogP) is 24.5. The van der Waals surface area contributed by atoms with E-state index in [0.717, 1.165) is 145 Å². The Morgan fingerprint density at radius 1 is 0.153 bits per heavy atom. The van der Waals surface area contributed by atoms with Gasteiger partial charge in [0.25, 0.3) is 0 Å². The van der Waals surface area contributed by atoms with Crippen LogP contribution in [-0.2, 0) is 0 Å². The zero-order valence-corrected chi connectivity index (χ0v) is 59.8. The molecule has 0 radical (unpaired) electrons. The molecular weight excluding hydrogens is 1360 g/mol. The minimum atomic E-state index is 0.529. The molecule has 0 aliphatic heterocycles. The summed E-state index contributed by atoms with van der Waals surface area (Å²) >= 11 is 0. The summed E-state index contributed by atoms with van der Waals surface area (Å²) in [5, 5.41) is 6.59. The first kappa shape index (κ1) is 64.2. The van der Waals surface area contributed by atoms with Gasteiger partial charge < -0.3 is 13.7 Å². The van der Waals surface area contributed by atoms with E-state index in [2.05, 4.69) is 262 Å². The van der Waals surface area contributed by atoms with Gasteiger partial charge in [-0.05, 0) is 114 Å². The van der Waals surface area contributed by atoms with Crippen LogP contribution >= 0.6 is 0 Å². The third kappa shape index (κ3) is 11.5. The summed E-state index contributed by atoms with van der Waals surface area (Å²) < 4.78 is 7.27. The zero-order valence-electron chi connectivity index (χ0n) is 59.8. The van der Waals surface area contributed by atoms with Crippen LogP contribution in [0.4, 0.5) is 0 Å². The Hall–Kier alpha value is -15.2. The van der Waals surface area contributed by atoms with E-state index in [0.29, 0.717) is 40.8 Å². The fourth-order valence-corrected chi connectivity index (χ4v) is 16.0. The lowest BCUT2D eigenvalue weighted by Gasteiger charge is -2.22. The Bertz CT molecular complexity index is 6540. The Kier molecular flexibility index (Phi) is 15.6. The highest BCUT2D eigenvalue weighted by Crippen LogP contribution is 2.48. The molecule has 518 valence electrons. The molecule has 0 bridgehead atoms. The van der Waals surface area contributed by atoms with E-state index in [1.807, 2.05) is 133 Å². The maximum atomic E-state index is 5.63. The highest BCUT2D eigenvalue weighted by atomic mass is 15.1. The average Bonchev–Trinajstić information content (AvgIpc) is 1.62. The van der Waals surface area contributed by atoms with Gasteiger partial charge in [0.15, 0.2) is 40.8 Å². The van der Waals surface area contributed by atoms with Crippen LogP contribution in [0.2, 0.25) is 0 Å². The van der Waals surface area contributed by atoms with Crippen molar-refractivity contribution in [2.75, 3.05) is 0 Å². The smallest absolute Gasteiger partial charge is 0.164 e. The van der Waals surface area contributed by atoms with E-state index in [-0.39, 0.29) is 0 Å². The van der Waals surface area contributed by atoms with E-state index in [1.54, 1.807) is 0 Å². The van der Waals surface area contributed by atoms with Gasteiger partial charge in [-0.25, -0.2) is 39.9 Å². The minimum Gasteiger partial charge on any atom is -0.309 e. The predicted molar refractivity (Wildman–Crippen MR) is 452 cm³/mol. The molecule has 0 unspecified atom stereocenters. The van der Waals surface area contributed by atoms with E-state index < -0.39 is 0 Å². The standard InChI is InChI=1S/C100H63N11/c1-7-29-64(30-8-1)85-63-86(65-31-9-2-10-32-65)102-100(101-85)74-61-81(70-41-27-43-75(57-70)109-87-49-23-19-45-77(87)78-46-20-24-50-88(78)109)93(82(62-74)71-42-28-44-76(58-71)110-89-51-25-21-47-79(89)80-48-22-26-52-90(80)110)111-91-55-53-72(98-105-94(66-33-11-3-12-34-66)103-95(106-98)67-35-13-4-14-36-67)59-83(91)84-60-73(54-56-92(84)111)99-107-96(68-37-15-5-16-38-68)104-97(108-99)69-39-17-6-18-40-69/h1-63H. The fourth-order valence-electron chi connectivity index (χ4n) is 16.0. The molecule has 6 aromatic heterocycles. The first-order chi connectivity index (χ1) is 55.0. The van der Waals surface area contributed by atoms with Gasteiger partial charge in [0.1, 0.15) is 0 Å². The molecule has 11 nitrogen and oxygen atoms in total. The van der Waals surface area contributed by atoms with Crippen molar-refractivity contribution in [2.24, 2.45) is 0 Å². The second-order valence-corrected chi connectivity index (χ2v) is 27.8. The molecular formula is C100H63N11. The van der Waals surface area contributed by atoms with Crippen molar-refractivity contribution in [3.63, 3.8) is 0 Å². The van der Waals surface area contributed by atoms with Crippen LogP contribution in [0.3, 0.4) is 0 Å². The van der Waals surface area contributed by atoms with E-state index in [9.17, 15) is 0 Å². The van der Waals surface area contributed by atoms with Gasteiger partial charge in [-0.15, -0.1) is 0 Å². The summed E-state index contributed by atoms with van der Waals surface area (Å²) in [7, 11) is 0. The minimum absolute atomic E-state index is 0.529. The van der Waals surface area contributed by atoms with Crippen LogP contribution in [-0.4, -0.2) is 53.6 Å². The van der Waals surface area contributed by atoms with Crippen molar-refractivity contribution < 1.29 is 0 Å². The maximum absolute atomic E-state index is 5.63. The Balaban J connectivity index is 0.894. The van der Waals surface area contributed by atoms with Crippen LogP contribution in [0, 0.1) is 0 Å². The Labute approximate surface area is 638 Å². The summed E-state index contributed by atoms with van der Waals surface area (Å²) in [5.41, 5.74) is 22.5. The van der Waals surface area contributed by atoms with Crippen LogP contribution in [0.25, 0.3) is 207 Å². The van der Waals surface area contributed by atoms with Crippen molar-refractivity contribution in [3.05, 3.63) is 382 Å². The summed E-state index contributed by atoms with van der Waals surface area (Å²) in [6, 6.07) is 134. The normalized spacial score (nSPS) is 11.6. The van der Waals surface area contributed by atoms with Crippen molar-refractivity contribution in [3.8, 4) is 142 Å². The molecule has 0 spiro atoms. The van der Waals surface area contributed by atoms with Gasteiger partial charge in [-0.3, -0.25) is 0 Å². The third-order valence-corrected chi connectivity index (χ3v) is 21.1. The van der Waals surface area contributed by atoms with E-state index >= 15 is 0 Å². The highest BCUT2D eigenvalue weighted by Gasteiger charge is 2.27. The van der Waals surface area contributed by atoms with Gasteiger partial charge in [-0.2, -0.15) is 0 Å². The third-order valence-electron chi connectivity index (χ3n) is 21.1. The largest absolute Gasteiger partial charge is 0.309 e. The second kappa shape index (κ2) is 27.0. The molecule has 0 fully saturated rings. The zero-order chi connectivity index (χ0) is 73.3. The van der Waals surface area contributed by atoms with Crippen molar-refractivity contribution in [1.82, 2.24) is 53.6 Å². The molecule has 0 aliphatic carbocycles. The SMILES string of the molecule is c1ccc(-c2cc(-c3ccccc3)nc(-c3cc(-c4cccc(-n5c6ccccc6c6ccccc65)c4)c(-n4c5ccc(-c6nc(-c7ccccc7)nc(-c7ccccc7)n6)cc5c5cc(-c6nc(-c7ccccc7)nc(-c7ccccc7)n6)ccc54)c(-c4cccc(-n5c6ccccc6c6ccccc65)c4)c3)n2)cc1. The lowest BCUT2D eigenvalue weighted by Crippen LogP contribution is -2.04. The number of rotatable bonds is 14. The molecule has 0 N–H and O–H groups in total. The summed E-state index contributed by atoms with van der Waals surface area (Å²) in [6.45, 7) is 0. The van der Waals surface area contributed by atoms with Gasteiger partial charge in [-0.1, -0.05) is 279 Å². The number of hydrogen-bond donors (Lipinski definition) is 0. The summed E-state index contributed by atoms with van der Waals surface area (Å²) in [4.78, 5) is 43.0. The van der Waals surface area contributed by atoms with Gasteiger partial charge in [0, 0.05) is 105 Å². The fraction of sp³-hybridized carbons (Fsp3) is 0. The van der Waals surface area contributed by atoms with Crippen LogP contribution in [0.15, 0.2) is 382 Å².